The van der Waals surface area contributed by atoms with Gasteiger partial charge in [0, 0.05) is 5.54 Å². The Hall–Kier alpha value is -0.0800. The molecule has 0 aromatic rings. The van der Waals surface area contributed by atoms with Crippen LogP contribution in [0.3, 0.4) is 0 Å². The maximum absolute atomic E-state index is 5.65. The first-order valence-corrected chi connectivity index (χ1v) is 4.91. The molecule has 0 unspecified atom stereocenters. The van der Waals surface area contributed by atoms with E-state index in [2.05, 4.69) is 33.0 Å². The van der Waals surface area contributed by atoms with Crippen LogP contribution in [0.4, 0.5) is 0 Å². The minimum absolute atomic E-state index is 0.0503. The highest BCUT2D eigenvalue weighted by molar-refractivity contribution is 4.69. The van der Waals surface area contributed by atoms with E-state index in [1.807, 2.05) is 7.05 Å². The SMILES string of the molecule is CCCC(C)(C)N.CCCNC. The topological polar surface area (TPSA) is 38.0 Å². The second-order valence-electron chi connectivity index (χ2n) is 3.84. The van der Waals surface area contributed by atoms with E-state index in [4.69, 9.17) is 5.73 Å². The fourth-order valence-corrected chi connectivity index (χ4v) is 0.894. The number of hydrogen-bond acceptors (Lipinski definition) is 2. The van der Waals surface area contributed by atoms with Gasteiger partial charge in [0.05, 0.1) is 0 Å². The molecule has 0 aliphatic carbocycles. The Labute approximate surface area is 77.9 Å². The predicted octanol–water partition coefficient (Wildman–Crippen LogP) is 2.14. The Kier molecular flexibility index (Phi) is 10.8. The monoisotopic (exact) mass is 174 g/mol. The lowest BCUT2D eigenvalue weighted by atomic mass is 10.0. The van der Waals surface area contributed by atoms with Crippen molar-refractivity contribution in [1.82, 2.24) is 5.32 Å². The molecular formula is C10H26N2. The van der Waals surface area contributed by atoms with Crippen LogP contribution in [-0.4, -0.2) is 19.1 Å². The lowest BCUT2D eigenvalue weighted by Crippen LogP contribution is -2.31. The molecule has 0 aliphatic heterocycles. The van der Waals surface area contributed by atoms with E-state index in [0.717, 1.165) is 13.0 Å². The van der Waals surface area contributed by atoms with Gasteiger partial charge in [0.1, 0.15) is 0 Å². The quantitative estimate of drug-likeness (QED) is 0.685. The molecule has 0 atom stereocenters. The van der Waals surface area contributed by atoms with Crippen molar-refractivity contribution < 1.29 is 0 Å². The maximum atomic E-state index is 5.65. The van der Waals surface area contributed by atoms with Crippen LogP contribution < -0.4 is 11.1 Å². The van der Waals surface area contributed by atoms with E-state index in [0.29, 0.717) is 0 Å². The van der Waals surface area contributed by atoms with Crippen molar-refractivity contribution >= 4 is 0 Å². The molecule has 0 spiro atoms. The number of hydrogen-bond donors (Lipinski definition) is 2. The summed E-state index contributed by atoms with van der Waals surface area (Å²) in [5.74, 6) is 0. The summed E-state index contributed by atoms with van der Waals surface area (Å²) in [6.07, 6.45) is 3.53. The van der Waals surface area contributed by atoms with Crippen LogP contribution in [0.1, 0.15) is 47.0 Å². The minimum Gasteiger partial charge on any atom is -0.326 e. The molecule has 0 fully saturated rings. The summed E-state index contributed by atoms with van der Waals surface area (Å²) < 4.78 is 0. The Morgan fingerprint density at radius 3 is 1.67 bits per heavy atom. The van der Waals surface area contributed by atoms with E-state index in [1.54, 1.807) is 0 Å². The van der Waals surface area contributed by atoms with Crippen molar-refractivity contribution in [2.75, 3.05) is 13.6 Å². The number of rotatable bonds is 4. The molecule has 2 nitrogen and oxygen atoms in total. The van der Waals surface area contributed by atoms with E-state index < -0.39 is 0 Å². The zero-order valence-corrected chi connectivity index (χ0v) is 9.41. The van der Waals surface area contributed by atoms with Crippen molar-refractivity contribution in [2.24, 2.45) is 5.73 Å². The van der Waals surface area contributed by atoms with E-state index in [1.165, 1.54) is 12.8 Å². The Morgan fingerprint density at radius 2 is 1.67 bits per heavy atom. The molecule has 76 valence electrons. The summed E-state index contributed by atoms with van der Waals surface area (Å²) in [6.45, 7) is 9.54. The van der Waals surface area contributed by atoms with Gasteiger partial charge in [-0.3, -0.25) is 0 Å². The second-order valence-corrected chi connectivity index (χ2v) is 3.84. The van der Waals surface area contributed by atoms with E-state index in [-0.39, 0.29) is 5.54 Å². The molecule has 0 saturated carbocycles. The molecule has 0 aromatic heterocycles. The average Bonchev–Trinajstić information content (AvgIpc) is 1.87. The molecule has 0 amide bonds. The molecule has 0 bridgehead atoms. The first-order valence-electron chi connectivity index (χ1n) is 4.91. The van der Waals surface area contributed by atoms with Gasteiger partial charge in [-0.25, -0.2) is 0 Å². The molecule has 0 aliphatic rings. The van der Waals surface area contributed by atoms with E-state index in [9.17, 15) is 0 Å². The Balaban J connectivity index is 0. The fourth-order valence-electron chi connectivity index (χ4n) is 0.894. The molecule has 3 N–H and O–H groups in total. The molecule has 0 saturated heterocycles. The van der Waals surface area contributed by atoms with Crippen LogP contribution >= 0.6 is 0 Å². The van der Waals surface area contributed by atoms with Crippen LogP contribution in [0.25, 0.3) is 0 Å². The van der Waals surface area contributed by atoms with Crippen LogP contribution in [0.15, 0.2) is 0 Å². The van der Waals surface area contributed by atoms with Gasteiger partial charge in [-0.1, -0.05) is 20.3 Å². The number of nitrogens with two attached hydrogens (primary N) is 1. The highest BCUT2D eigenvalue weighted by Gasteiger charge is 2.06. The van der Waals surface area contributed by atoms with Gasteiger partial charge in [0.15, 0.2) is 0 Å². The highest BCUT2D eigenvalue weighted by Crippen LogP contribution is 2.04. The molecule has 0 rings (SSSR count). The highest BCUT2D eigenvalue weighted by atomic mass is 14.8. The molecule has 0 heterocycles. The summed E-state index contributed by atoms with van der Waals surface area (Å²) >= 11 is 0. The molecule has 2 heteroatoms. The second kappa shape index (κ2) is 9.01. The fraction of sp³-hybridized carbons (Fsp3) is 1.00. The van der Waals surface area contributed by atoms with Gasteiger partial charge in [0.25, 0.3) is 0 Å². The van der Waals surface area contributed by atoms with Crippen molar-refractivity contribution in [3.8, 4) is 0 Å². The third-order valence-electron chi connectivity index (χ3n) is 1.39. The maximum Gasteiger partial charge on any atom is 0.00969 e. The lowest BCUT2D eigenvalue weighted by Gasteiger charge is -2.15. The van der Waals surface area contributed by atoms with Crippen molar-refractivity contribution in [2.45, 2.75) is 52.5 Å². The lowest BCUT2D eigenvalue weighted by molar-refractivity contribution is 0.470. The number of nitrogens with one attached hydrogen (secondary N) is 1. The van der Waals surface area contributed by atoms with Crippen LogP contribution in [0.5, 0.6) is 0 Å². The molecule has 12 heavy (non-hydrogen) atoms. The largest absolute Gasteiger partial charge is 0.326 e. The van der Waals surface area contributed by atoms with Gasteiger partial charge >= 0.3 is 0 Å². The van der Waals surface area contributed by atoms with Gasteiger partial charge in [-0.2, -0.15) is 0 Å². The van der Waals surface area contributed by atoms with Crippen LogP contribution in [0.2, 0.25) is 0 Å². The van der Waals surface area contributed by atoms with Gasteiger partial charge in [0.2, 0.25) is 0 Å². The standard InChI is InChI=1S/C6H15N.C4H11N/c1-4-5-6(2,3)7;1-3-4-5-2/h4-5,7H2,1-3H3;5H,3-4H2,1-2H3. The van der Waals surface area contributed by atoms with Gasteiger partial charge in [-0.15, -0.1) is 0 Å². The normalized spacial score (nSPS) is 10.5. The first-order chi connectivity index (χ1) is 5.47. The Morgan fingerprint density at radius 1 is 1.17 bits per heavy atom. The summed E-state index contributed by atoms with van der Waals surface area (Å²) in [5, 5.41) is 3.02. The van der Waals surface area contributed by atoms with Crippen molar-refractivity contribution in [3.05, 3.63) is 0 Å². The summed E-state index contributed by atoms with van der Waals surface area (Å²) in [6, 6.07) is 0. The third kappa shape index (κ3) is 22.5. The zero-order valence-electron chi connectivity index (χ0n) is 9.41. The van der Waals surface area contributed by atoms with Crippen LogP contribution in [0, 0.1) is 0 Å². The molecular weight excluding hydrogens is 148 g/mol. The van der Waals surface area contributed by atoms with Gasteiger partial charge in [-0.05, 0) is 40.3 Å². The van der Waals surface area contributed by atoms with Crippen molar-refractivity contribution in [3.63, 3.8) is 0 Å². The smallest absolute Gasteiger partial charge is 0.00969 e. The van der Waals surface area contributed by atoms with E-state index >= 15 is 0 Å². The van der Waals surface area contributed by atoms with Crippen LogP contribution in [-0.2, 0) is 0 Å². The van der Waals surface area contributed by atoms with Crippen molar-refractivity contribution in [1.29, 1.82) is 0 Å². The Bertz CT molecular complexity index is 72.4. The summed E-state index contributed by atoms with van der Waals surface area (Å²) in [5.41, 5.74) is 5.70. The third-order valence-corrected chi connectivity index (χ3v) is 1.39. The minimum atomic E-state index is 0.0503. The first kappa shape index (κ1) is 14.4. The molecule has 0 aromatic carbocycles. The van der Waals surface area contributed by atoms with Gasteiger partial charge < -0.3 is 11.1 Å². The predicted molar refractivity (Wildman–Crippen MR) is 57.4 cm³/mol. The summed E-state index contributed by atoms with van der Waals surface area (Å²) in [4.78, 5) is 0. The zero-order chi connectivity index (χ0) is 10.0. The average molecular weight is 174 g/mol. The summed E-state index contributed by atoms with van der Waals surface area (Å²) in [7, 11) is 1.96. The molecule has 0 radical (unpaired) electrons.